The Bertz CT molecular complexity index is 1530. The summed E-state index contributed by atoms with van der Waals surface area (Å²) in [5.74, 6) is 1.32. The van der Waals surface area contributed by atoms with Gasteiger partial charge in [-0.15, -0.1) is 0 Å². The predicted octanol–water partition coefficient (Wildman–Crippen LogP) is 6.78. The van der Waals surface area contributed by atoms with E-state index in [2.05, 4.69) is 16.0 Å². The number of hydrogen-bond acceptors (Lipinski definition) is 6. The number of halogens is 2. The van der Waals surface area contributed by atoms with Crippen LogP contribution in [0, 0.1) is 23.1 Å². The summed E-state index contributed by atoms with van der Waals surface area (Å²) < 4.78 is 26.8. The lowest BCUT2D eigenvalue weighted by Gasteiger charge is -2.31. The minimum Gasteiger partial charge on any atom is -0.489 e. The third-order valence-corrected chi connectivity index (χ3v) is 7.80. The third kappa shape index (κ3) is 7.22. The Morgan fingerprint density at radius 3 is 2.54 bits per heavy atom. The maximum Gasteiger partial charge on any atom is 0.131 e. The smallest absolute Gasteiger partial charge is 0.131 e. The molecule has 210 valence electrons. The lowest BCUT2D eigenvalue weighted by Crippen LogP contribution is -2.34. The normalized spacial score (nSPS) is 14.0. The molecule has 1 aliphatic heterocycles. The van der Waals surface area contributed by atoms with E-state index in [1.165, 1.54) is 12.3 Å². The highest BCUT2D eigenvalue weighted by Crippen LogP contribution is 2.34. The number of rotatable bonds is 10. The summed E-state index contributed by atoms with van der Waals surface area (Å²) in [4.78, 5) is 6.49. The number of likely N-dealkylation sites (tertiary alicyclic amines) is 1. The van der Waals surface area contributed by atoms with Crippen molar-refractivity contribution in [2.24, 2.45) is 5.92 Å². The van der Waals surface area contributed by atoms with Gasteiger partial charge in [-0.2, -0.15) is 5.26 Å². The molecule has 0 radical (unpaired) electrons. The summed E-state index contributed by atoms with van der Waals surface area (Å²) in [5, 5.41) is 19.2. The van der Waals surface area contributed by atoms with Crippen molar-refractivity contribution < 1.29 is 19.0 Å². The highest BCUT2D eigenvalue weighted by molar-refractivity contribution is 6.34. The van der Waals surface area contributed by atoms with Crippen molar-refractivity contribution in [2.75, 3.05) is 19.7 Å². The Hall–Kier alpha value is -3.96. The van der Waals surface area contributed by atoms with Crippen LogP contribution < -0.4 is 9.47 Å². The van der Waals surface area contributed by atoms with Gasteiger partial charge < -0.3 is 14.6 Å². The summed E-state index contributed by atoms with van der Waals surface area (Å²) in [6.45, 7) is 3.21. The van der Waals surface area contributed by atoms with Crippen LogP contribution in [0.1, 0.15) is 35.1 Å². The van der Waals surface area contributed by atoms with Gasteiger partial charge in [0.15, 0.2) is 0 Å². The summed E-state index contributed by atoms with van der Waals surface area (Å²) in [7, 11) is 0. The van der Waals surface area contributed by atoms with Gasteiger partial charge in [-0.1, -0.05) is 54.1 Å². The average Bonchev–Trinajstić information content (AvgIpc) is 3.01. The molecule has 3 aromatic carbocycles. The maximum atomic E-state index is 14.4. The fourth-order valence-electron chi connectivity index (χ4n) is 4.99. The summed E-state index contributed by atoms with van der Waals surface area (Å²) in [6, 6.07) is 21.7. The standard InChI is InChI=1S/C33H31ClFN3O3/c34-33-27(4-3-6-30(33)29-5-1-2-7-31(29)35)22-40-28-9-8-26(19-38-12-10-23(20-39)11-13-38)32(15-28)41-21-25-14-24(16-36)17-37-18-25/h1-9,14-15,17-18,23,39H,10-13,19-22H2. The number of benzene rings is 3. The zero-order valence-electron chi connectivity index (χ0n) is 22.6. The van der Waals surface area contributed by atoms with Crippen LogP contribution in [-0.2, 0) is 19.8 Å². The van der Waals surface area contributed by atoms with Crippen LogP contribution in [0.15, 0.2) is 79.1 Å². The van der Waals surface area contributed by atoms with E-state index in [1.54, 1.807) is 36.5 Å². The van der Waals surface area contributed by atoms with Crippen LogP contribution in [0.4, 0.5) is 4.39 Å². The number of piperidine rings is 1. The second kappa shape index (κ2) is 13.6. The molecule has 0 aliphatic carbocycles. The first-order chi connectivity index (χ1) is 20.0. The fraction of sp³-hybridized carbons (Fsp3) is 0.273. The first-order valence-electron chi connectivity index (χ1n) is 13.6. The van der Waals surface area contributed by atoms with Crippen LogP contribution >= 0.6 is 11.6 Å². The molecule has 0 bridgehead atoms. The van der Waals surface area contributed by atoms with Gasteiger partial charge in [-0.05, 0) is 50.0 Å². The molecule has 6 nitrogen and oxygen atoms in total. The highest BCUT2D eigenvalue weighted by Gasteiger charge is 2.20. The molecule has 4 aromatic rings. The Balaban J connectivity index is 1.34. The fourth-order valence-corrected chi connectivity index (χ4v) is 5.27. The van der Waals surface area contributed by atoms with Gasteiger partial charge in [0.2, 0.25) is 0 Å². The molecule has 1 aromatic heterocycles. The number of nitriles is 1. The molecular weight excluding hydrogens is 541 g/mol. The minimum absolute atomic E-state index is 0.197. The zero-order valence-corrected chi connectivity index (χ0v) is 23.4. The first-order valence-corrected chi connectivity index (χ1v) is 14.0. The molecular formula is C33H31ClFN3O3. The van der Waals surface area contributed by atoms with Crippen molar-refractivity contribution in [1.29, 1.82) is 5.26 Å². The number of hydrogen-bond donors (Lipinski definition) is 1. The molecule has 0 saturated carbocycles. The summed E-state index contributed by atoms with van der Waals surface area (Å²) in [5.41, 5.74) is 4.08. The minimum atomic E-state index is -0.332. The molecule has 8 heteroatoms. The third-order valence-electron chi connectivity index (χ3n) is 7.35. The summed E-state index contributed by atoms with van der Waals surface area (Å²) >= 11 is 6.69. The molecule has 1 saturated heterocycles. The molecule has 0 unspecified atom stereocenters. The van der Waals surface area contributed by atoms with Gasteiger partial charge in [0.05, 0.1) is 10.6 Å². The Labute approximate surface area is 244 Å². The quantitative estimate of drug-likeness (QED) is 0.226. The van der Waals surface area contributed by atoms with E-state index in [4.69, 9.17) is 21.1 Å². The Kier molecular flexibility index (Phi) is 9.48. The van der Waals surface area contributed by atoms with E-state index >= 15 is 0 Å². The van der Waals surface area contributed by atoms with Gasteiger partial charge in [0.1, 0.15) is 36.6 Å². The Morgan fingerprint density at radius 2 is 1.76 bits per heavy atom. The number of aliphatic hydroxyl groups is 1. The number of aromatic nitrogens is 1. The lowest BCUT2D eigenvalue weighted by molar-refractivity contribution is 0.126. The van der Waals surface area contributed by atoms with E-state index in [-0.39, 0.29) is 25.6 Å². The predicted molar refractivity (Wildman–Crippen MR) is 156 cm³/mol. The monoisotopic (exact) mass is 571 g/mol. The van der Waals surface area contributed by atoms with Gasteiger partial charge in [-0.25, -0.2) is 4.39 Å². The number of pyridine rings is 1. The van der Waals surface area contributed by atoms with E-state index in [1.807, 2.05) is 30.3 Å². The molecule has 0 atom stereocenters. The molecule has 5 rings (SSSR count). The summed E-state index contributed by atoms with van der Waals surface area (Å²) in [6.07, 6.45) is 5.14. The molecule has 1 fully saturated rings. The van der Waals surface area contributed by atoms with Crippen molar-refractivity contribution in [1.82, 2.24) is 9.88 Å². The van der Waals surface area contributed by atoms with Crippen LogP contribution in [0.25, 0.3) is 11.1 Å². The average molecular weight is 572 g/mol. The van der Waals surface area contributed by atoms with E-state index in [9.17, 15) is 14.8 Å². The second-order valence-corrected chi connectivity index (χ2v) is 10.6. The Morgan fingerprint density at radius 1 is 0.951 bits per heavy atom. The van der Waals surface area contributed by atoms with Gasteiger partial charge in [-0.3, -0.25) is 9.88 Å². The molecule has 1 aliphatic rings. The van der Waals surface area contributed by atoms with Crippen molar-refractivity contribution in [3.8, 4) is 28.7 Å². The maximum absolute atomic E-state index is 14.4. The van der Waals surface area contributed by atoms with Crippen molar-refractivity contribution in [3.63, 3.8) is 0 Å². The van der Waals surface area contributed by atoms with E-state index in [0.717, 1.165) is 42.6 Å². The van der Waals surface area contributed by atoms with Gasteiger partial charge in [0, 0.05) is 59.4 Å². The van der Waals surface area contributed by atoms with Gasteiger partial charge in [0.25, 0.3) is 0 Å². The SMILES string of the molecule is N#Cc1cncc(COc2cc(OCc3cccc(-c4ccccc4F)c3Cl)ccc2CN2CCC(CO)CC2)c1. The van der Waals surface area contributed by atoms with Crippen LogP contribution in [0.2, 0.25) is 5.02 Å². The second-order valence-electron chi connectivity index (χ2n) is 10.2. The molecule has 41 heavy (non-hydrogen) atoms. The molecule has 0 amide bonds. The number of ether oxygens (including phenoxy) is 2. The topological polar surface area (TPSA) is 78.6 Å². The number of aliphatic hydroxyl groups excluding tert-OH is 1. The highest BCUT2D eigenvalue weighted by atomic mass is 35.5. The van der Waals surface area contributed by atoms with E-state index < -0.39 is 0 Å². The molecule has 2 heterocycles. The molecule has 1 N–H and O–H groups in total. The first kappa shape index (κ1) is 28.6. The zero-order chi connectivity index (χ0) is 28.6. The van der Waals surface area contributed by atoms with Crippen molar-refractivity contribution >= 4 is 11.6 Å². The largest absolute Gasteiger partial charge is 0.489 e. The van der Waals surface area contributed by atoms with Crippen LogP contribution in [-0.4, -0.2) is 34.7 Å². The number of nitrogens with zero attached hydrogens (tertiary/aromatic N) is 3. The van der Waals surface area contributed by atoms with Crippen LogP contribution in [0.5, 0.6) is 11.5 Å². The van der Waals surface area contributed by atoms with Crippen LogP contribution in [0.3, 0.4) is 0 Å². The lowest BCUT2D eigenvalue weighted by atomic mass is 9.97. The van der Waals surface area contributed by atoms with E-state index in [0.29, 0.717) is 45.7 Å². The van der Waals surface area contributed by atoms with Crippen molar-refractivity contribution in [3.05, 3.63) is 112 Å². The van der Waals surface area contributed by atoms with Crippen molar-refractivity contribution in [2.45, 2.75) is 32.6 Å². The molecule has 0 spiro atoms. The van der Waals surface area contributed by atoms with Gasteiger partial charge >= 0.3 is 0 Å².